The summed E-state index contributed by atoms with van der Waals surface area (Å²) in [7, 11) is 0. The van der Waals surface area contributed by atoms with Gasteiger partial charge in [0.15, 0.2) is 5.84 Å². The fraction of sp³-hybridized carbons (Fsp3) is 0.160. The van der Waals surface area contributed by atoms with Gasteiger partial charge in [-0.25, -0.2) is 9.98 Å². The second-order valence-electron chi connectivity index (χ2n) is 15.5. The predicted octanol–water partition coefficient (Wildman–Crippen LogP) is 11.3. The Labute approximate surface area is 318 Å². The molecule has 0 N–H and O–H groups in total. The van der Waals surface area contributed by atoms with Crippen LogP contribution >= 0.6 is 11.3 Å². The summed E-state index contributed by atoms with van der Waals surface area (Å²) in [4.78, 5) is 12.2. The van der Waals surface area contributed by atoms with Gasteiger partial charge < -0.3 is 4.42 Å². The van der Waals surface area contributed by atoms with Crippen LogP contribution in [0.3, 0.4) is 0 Å². The summed E-state index contributed by atoms with van der Waals surface area (Å²) >= 11 is 1.93. The Morgan fingerprint density at radius 3 is 2.39 bits per heavy atom. The van der Waals surface area contributed by atoms with Crippen LogP contribution in [0.1, 0.15) is 71.7 Å². The van der Waals surface area contributed by atoms with E-state index in [4.69, 9.17) is 14.4 Å². The van der Waals surface area contributed by atoms with Crippen LogP contribution in [0.4, 0.5) is 0 Å². The molecule has 5 aromatic carbocycles. The molecule has 3 nitrogen and oxygen atoms in total. The highest BCUT2D eigenvalue weighted by Gasteiger charge is 2.44. The molecule has 1 atom stereocenters. The number of hydrogen-bond acceptors (Lipinski definition) is 4. The van der Waals surface area contributed by atoms with Crippen molar-refractivity contribution in [2.75, 3.05) is 0 Å². The minimum atomic E-state index is -0.161. The zero-order valence-corrected chi connectivity index (χ0v) is 31.2. The molecule has 4 heteroatoms. The maximum atomic E-state index is 6.60. The average Bonchev–Trinajstić information content (AvgIpc) is 3.78. The van der Waals surface area contributed by atoms with Gasteiger partial charge in [0, 0.05) is 43.5 Å². The minimum absolute atomic E-state index is 0.161. The molecule has 0 saturated heterocycles. The Hall–Kier alpha value is -5.84. The molecule has 1 aliphatic heterocycles. The summed E-state index contributed by atoms with van der Waals surface area (Å²) in [6, 6.07) is 43.7. The van der Waals surface area contributed by atoms with Gasteiger partial charge in [-0.05, 0) is 99.5 Å². The lowest BCUT2D eigenvalue weighted by atomic mass is 9.78. The molecule has 260 valence electrons. The van der Waals surface area contributed by atoms with Crippen molar-refractivity contribution in [3.05, 3.63) is 182 Å². The van der Waals surface area contributed by atoms with Crippen LogP contribution in [0.2, 0.25) is 0 Å². The van der Waals surface area contributed by atoms with Gasteiger partial charge in [-0.2, -0.15) is 0 Å². The van der Waals surface area contributed by atoms with Gasteiger partial charge in [0.25, 0.3) is 0 Å². The van der Waals surface area contributed by atoms with Crippen molar-refractivity contribution < 1.29 is 4.42 Å². The van der Waals surface area contributed by atoms with E-state index in [0.29, 0.717) is 5.92 Å². The fourth-order valence-corrected chi connectivity index (χ4v) is 10.6. The monoisotopic (exact) mass is 714 g/mol. The van der Waals surface area contributed by atoms with E-state index in [1.165, 1.54) is 64.5 Å². The second-order valence-corrected chi connectivity index (χ2v) is 16.6. The molecule has 0 radical (unpaired) electrons. The number of fused-ring (bicyclic) bond motifs is 9. The Morgan fingerprint density at radius 2 is 1.48 bits per heavy atom. The van der Waals surface area contributed by atoms with E-state index in [1.54, 1.807) is 0 Å². The molecule has 0 bridgehead atoms. The lowest BCUT2D eigenvalue weighted by molar-refractivity contribution is 0.548. The highest BCUT2D eigenvalue weighted by molar-refractivity contribution is 7.19. The van der Waals surface area contributed by atoms with Gasteiger partial charge >= 0.3 is 0 Å². The van der Waals surface area contributed by atoms with Crippen molar-refractivity contribution >= 4 is 61.7 Å². The standard InChI is InChI=1S/C50H38N2OS/c1-50(2)41-29-32(19-21-35(41)38-22-23-39-36-15-6-8-17-44(36)53-48(39)47(38)50)31-13-10-14-34(27-31)49-51-42(30-11-4-3-5-12-30)24-25-43(52-49)33-20-26-46-40(28-33)37-16-7-9-18-45(37)54-46/h3-19,21,23,25,27-29,38H,20,22,24,26H2,1-2H3. The molecular formula is C50H38N2OS. The van der Waals surface area contributed by atoms with Crippen molar-refractivity contribution in [1.29, 1.82) is 0 Å². The zero-order chi connectivity index (χ0) is 36.0. The second kappa shape index (κ2) is 12.1. The minimum Gasteiger partial charge on any atom is -0.456 e. The first kappa shape index (κ1) is 31.7. The number of nitrogens with zero attached hydrogens (tertiary/aromatic N) is 2. The van der Waals surface area contributed by atoms with Crippen molar-refractivity contribution in [1.82, 2.24) is 0 Å². The Bertz CT molecular complexity index is 2970. The number of aliphatic imine (C=N–C) groups is 2. The number of rotatable bonds is 4. The molecule has 0 saturated carbocycles. The fourth-order valence-electron chi connectivity index (χ4n) is 9.40. The molecule has 0 amide bonds. The molecule has 54 heavy (non-hydrogen) atoms. The maximum absolute atomic E-state index is 6.60. The third kappa shape index (κ3) is 4.93. The summed E-state index contributed by atoms with van der Waals surface area (Å²) in [6.07, 6.45) is 10.8. The van der Waals surface area contributed by atoms with Crippen LogP contribution in [-0.2, 0) is 11.8 Å². The number of amidine groups is 1. The lowest BCUT2D eigenvalue weighted by Crippen LogP contribution is -2.33. The van der Waals surface area contributed by atoms with Crippen molar-refractivity contribution in [3.8, 4) is 11.1 Å². The molecule has 11 rings (SSSR count). The normalized spacial score (nSPS) is 18.4. The Morgan fingerprint density at radius 1 is 0.704 bits per heavy atom. The first-order chi connectivity index (χ1) is 26.5. The predicted molar refractivity (Wildman–Crippen MR) is 226 cm³/mol. The summed E-state index contributed by atoms with van der Waals surface area (Å²) in [5.41, 5.74) is 15.3. The van der Waals surface area contributed by atoms with Gasteiger partial charge in [0.05, 0.1) is 11.4 Å². The van der Waals surface area contributed by atoms with E-state index in [-0.39, 0.29) is 5.41 Å². The van der Waals surface area contributed by atoms with E-state index in [1.807, 2.05) is 11.3 Å². The average molecular weight is 715 g/mol. The van der Waals surface area contributed by atoms with E-state index < -0.39 is 0 Å². The Balaban J connectivity index is 1.00. The first-order valence-corrected chi connectivity index (χ1v) is 19.9. The topological polar surface area (TPSA) is 37.9 Å². The van der Waals surface area contributed by atoms with Crippen molar-refractivity contribution in [2.24, 2.45) is 9.98 Å². The number of hydrogen-bond donors (Lipinski definition) is 0. The molecular weight excluding hydrogens is 677 g/mol. The maximum Gasteiger partial charge on any atom is 0.160 e. The van der Waals surface area contributed by atoms with Gasteiger partial charge in [-0.15, -0.1) is 11.3 Å². The van der Waals surface area contributed by atoms with Crippen molar-refractivity contribution in [3.63, 3.8) is 0 Å². The summed E-state index contributed by atoms with van der Waals surface area (Å²) < 4.78 is 7.96. The van der Waals surface area contributed by atoms with Crippen LogP contribution in [0.5, 0.6) is 0 Å². The van der Waals surface area contributed by atoms with Crippen LogP contribution < -0.4 is 10.6 Å². The molecule has 0 fully saturated rings. The molecule has 7 aromatic rings. The van der Waals surface area contributed by atoms with E-state index in [0.717, 1.165) is 65.1 Å². The number of para-hydroxylation sites is 1. The zero-order valence-electron chi connectivity index (χ0n) is 30.4. The van der Waals surface area contributed by atoms with Gasteiger partial charge in [-0.1, -0.05) is 123 Å². The smallest absolute Gasteiger partial charge is 0.160 e. The third-order valence-electron chi connectivity index (χ3n) is 12.1. The quantitative estimate of drug-likeness (QED) is 0.179. The number of allylic oxidation sites excluding steroid dienone is 2. The van der Waals surface area contributed by atoms with E-state index >= 15 is 0 Å². The van der Waals surface area contributed by atoms with Gasteiger partial charge in [0.1, 0.15) is 11.0 Å². The van der Waals surface area contributed by atoms with Crippen molar-refractivity contribution in [2.45, 2.75) is 50.9 Å². The molecule has 4 aliphatic rings. The van der Waals surface area contributed by atoms with Crippen LogP contribution in [-0.4, -0.2) is 11.5 Å². The van der Waals surface area contributed by atoms with Crippen LogP contribution in [0.15, 0.2) is 153 Å². The first-order valence-electron chi connectivity index (χ1n) is 19.1. The molecule has 0 spiro atoms. The number of furan rings is 1. The summed E-state index contributed by atoms with van der Waals surface area (Å²) in [5.74, 6) is 1.09. The number of thiophene rings is 1. The van der Waals surface area contributed by atoms with Gasteiger partial charge in [-0.3, -0.25) is 0 Å². The van der Waals surface area contributed by atoms with Gasteiger partial charge in [0.2, 0.25) is 0 Å². The largest absolute Gasteiger partial charge is 0.456 e. The summed E-state index contributed by atoms with van der Waals surface area (Å²) in [5, 5.41) is 3.81. The molecule has 1 unspecified atom stereocenters. The number of benzene rings is 5. The highest BCUT2D eigenvalue weighted by atomic mass is 32.1. The number of aryl methyl sites for hydroxylation is 1. The Kier molecular flexibility index (Phi) is 7.09. The molecule has 3 heterocycles. The molecule has 3 aliphatic carbocycles. The lowest BCUT2D eigenvalue weighted by Gasteiger charge is -2.24. The van der Waals surface area contributed by atoms with Crippen LogP contribution in [0, 0.1) is 0 Å². The highest BCUT2D eigenvalue weighted by Crippen LogP contribution is 2.53. The van der Waals surface area contributed by atoms with E-state index in [2.05, 4.69) is 153 Å². The third-order valence-corrected chi connectivity index (χ3v) is 13.3. The SMILES string of the molecule is CC1(C)C2=c3oc4ccccc4c3=CCC2c2ccc(-c3cccc(C4=NC(C5=Cc6c(sc7ccccc67)CC5)=CCC(c5ccccc5)=N4)c3)cc21. The molecule has 2 aromatic heterocycles. The van der Waals surface area contributed by atoms with Crippen LogP contribution in [0.25, 0.3) is 49.9 Å². The summed E-state index contributed by atoms with van der Waals surface area (Å²) in [6.45, 7) is 4.75. The van der Waals surface area contributed by atoms with E-state index in [9.17, 15) is 0 Å².